The Balaban J connectivity index is 2.38. The molecule has 0 saturated carbocycles. The van der Waals surface area contributed by atoms with E-state index in [4.69, 9.17) is 9.47 Å². The molecule has 6 nitrogen and oxygen atoms in total. The number of hydrogen-bond donors (Lipinski definition) is 0. The van der Waals surface area contributed by atoms with E-state index in [0.29, 0.717) is 45.6 Å². The predicted octanol–water partition coefficient (Wildman–Crippen LogP) is 2.43. The molecular weight excluding hydrogens is 308 g/mol. The highest BCUT2D eigenvalue weighted by Crippen LogP contribution is 2.39. The first-order valence-electron chi connectivity index (χ1n) is 7.28. The zero-order valence-corrected chi connectivity index (χ0v) is 13.6. The fraction of sp³-hybridized carbons (Fsp3) is 0.167. The third kappa shape index (κ3) is 2.32. The van der Waals surface area contributed by atoms with Crippen molar-refractivity contribution in [3.8, 4) is 22.9 Å². The second kappa shape index (κ2) is 6.16. The average molecular weight is 324 g/mol. The maximum Gasteiger partial charge on any atom is 0.261 e. The normalized spacial score (nSPS) is 10.6. The van der Waals surface area contributed by atoms with Gasteiger partial charge < -0.3 is 9.47 Å². The lowest BCUT2D eigenvalue weighted by Gasteiger charge is -2.16. The molecule has 0 unspecified atom stereocenters. The van der Waals surface area contributed by atoms with Crippen LogP contribution in [0.15, 0.2) is 41.2 Å². The molecule has 0 spiro atoms. The number of ether oxygens (including phenoxy) is 2. The molecule has 0 amide bonds. The highest BCUT2D eigenvalue weighted by molar-refractivity contribution is 5.86. The molecule has 6 heteroatoms. The van der Waals surface area contributed by atoms with Crippen molar-refractivity contribution in [3.05, 3.63) is 52.3 Å². The summed E-state index contributed by atoms with van der Waals surface area (Å²) in [5.41, 5.74) is 1.38. The lowest BCUT2D eigenvalue weighted by Crippen LogP contribution is -2.20. The highest BCUT2D eigenvalue weighted by Gasteiger charge is 2.19. The van der Waals surface area contributed by atoms with Crippen LogP contribution in [0.5, 0.6) is 11.5 Å². The van der Waals surface area contributed by atoms with E-state index in [-0.39, 0.29) is 5.56 Å². The van der Waals surface area contributed by atoms with Gasteiger partial charge >= 0.3 is 0 Å². The van der Waals surface area contributed by atoms with Gasteiger partial charge in [0.25, 0.3) is 5.56 Å². The lowest BCUT2D eigenvalue weighted by atomic mass is 10.1. The molecule has 0 fully saturated rings. The van der Waals surface area contributed by atoms with Gasteiger partial charge in [0.1, 0.15) is 5.82 Å². The zero-order chi connectivity index (χ0) is 17.3. The van der Waals surface area contributed by atoms with E-state index < -0.39 is 0 Å². The van der Waals surface area contributed by atoms with Crippen LogP contribution in [-0.4, -0.2) is 30.1 Å². The molecule has 0 radical (unpaired) electrons. The van der Waals surface area contributed by atoms with Gasteiger partial charge in [-0.05, 0) is 24.3 Å². The first-order chi connectivity index (χ1) is 11.6. The summed E-state index contributed by atoms with van der Waals surface area (Å²) in [6.45, 7) is 0. The first-order valence-corrected chi connectivity index (χ1v) is 7.28. The molecule has 0 N–H and O–H groups in total. The smallest absolute Gasteiger partial charge is 0.261 e. The van der Waals surface area contributed by atoms with E-state index >= 15 is 0 Å². The zero-order valence-electron chi connectivity index (χ0n) is 13.6. The second-order valence-corrected chi connectivity index (χ2v) is 5.20. The highest BCUT2D eigenvalue weighted by atomic mass is 16.5. The molecule has 2 aromatic carbocycles. The molecule has 0 bridgehead atoms. The summed E-state index contributed by atoms with van der Waals surface area (Å²) in [5, 5.41) is 0.541. The van der Waals surface area contributed by atoms with Crippen molar-refractivity contribution in [2.45, 2.75) is 0 Å². The maximum atomic E-state index is 12.6. The maximum absolute atomic E-state index is 12.6. The Morgan fingerprint density at radius 2 is 1.75 bits per heavy atom. The lowest BCUT2D eigenvalue weighted by molar-refractivity contribution is 0.112. The van der Waals surface area contributed by atoms with Crippen LogP contribution in [0, 0.1) is 0 Å². The summed E-state index contributed by atoms with van der Waals surface area (Å²) in [4.78, 5) is 28.4. The number of nitrogens with zero attached hydrogens (tertiary/aromatic N) is 2. The van der Waals surface area contributed by atoms with Crippen molar-refractivity contribution in [3.63, 3.8) is 0 Å². The molecule has 0 aliphatic heterocycles. The van der Waals surface area contributed by atoms with Gasteiger partial charge in [-0.25, -0.2) is 4.98 Å². The van der Waals surface area contributed by atoms with E-state index in [1.54, 1.807) is 37.4 Å². The number of hydrogen-bond acceptors (Lipinski definition) is 5. The van der Waals surface area contributed by atoms with E-state index in [1.807, 2.05) is 6.07 Å². The van der Waals surface area contributed by atoms with E-state index in [2.05, 4.69) is 4.98 Å². The number of benzene rings is 2. The molecule has 0 saturated heterocycles. The molecule has 3 aromatic rings. The Labute approximate surface area is 138 Å². The summed E-state index contributed by atoms with van der Waals surface area (Å²) in [7, 11) is 4.59. The van der Waals surface area contributed by atoms with Crippen LogP contribution in [-0.2, 0) is 7.05 Å². The number of para-hydroxylation sites is 1. The molecule has 0 aliphatic rings. The van der Waals surface area contributed by atoms with Crippen molar-refractivity contribution < 1.29 is 14.3 Å². The van der Waals surface area contributed by atoms with Gasteiger partial charge in [0.05, 0.1) is 36.2 Å². The third-order valence-corrected chi connectivity index (χ3v) is 3.90. The van der Waals surface area contributed by atoms with Crippen molar-refractivity contribution in [2.24, 2.45) is 7.05 Å². The van der Waals surface area contributed by atoms with Crippen LogP contribution >= 0.6 is 0 Å². The summed E-state index contributed by atoms with van der Waals surface area (Å²) in [5.74, 6) is 1.11. The van der Waals surface area contributed by atoms with Crippen molar-refractivity contribution in [2.75, 3.05) is 14.2 Å². The van der Waals surface area contributed by atoms with Crippen LogP contribution in [0.1, 0.15) is 10.4 Å². The largest absolute Gasteiger partial charge is 0.492 e. The van der Waals surface area contributed by atoms with Gasteiger partial charge in [0, 0.05) is 7.05 Å². The van der Waals surface area contributed by atoms with Gasteiger partial charge in [0.2, 0.25) is 0 Å². The fourth-order valence-electron chi connectivity index (χ4n) is 2.72. The minimum Gasteiger partial charge on any atom is -0.492 e. The number of carbonyl (C=O) groups excluding carboxylic acids is 1. The molecule has 1 heterocycles. The van der Waals surface area contributed by atoms with Gasteiger partial charge in [-0.2, -0.15) is 0 Å². The van der Waals surface area contributed by atoms with Crippen molar-refractivity contribution >= 4 is 17.2 Å². The second-order valence-electron chi connectivity index (χ2n) is 5.20. The Bertz CT molecular complexity index is 992. The van der Waals surface area contributed by atoms with Crippen LogP contribution in [0.4, 0.5) is 0 Å². The number of aldehydes is 1. The molecule has 3 rings (SSSR count). The summed E-state index contributed by atoms with van der Waals surface area (Å²) in [6, 6.07) is 10.5. The van der Waals surface area contributed by atoms with Gasteiger partial charge in [-0.15, -0.1) is 0 Å². The van der Waals surface area contributed by atoms with Gasteiger partial charge in [-0.3, -0.25) is 14.2 Å². The molecule has 1 aromatic heterocycles. The van der Waals surface area contributed by atoms with Gasteiger partial charge in [0.15, 0.2) is 17.8 Å². The van der Waals surface area contributed by atoms with Gasteiger partial charge in [-0.1, -0.05) is 12.1 Å². The number of aromatic nitrogens is 2. The minimum absolute atomic E-state index is 0.156. The fourth-order valence-corrected chi connectivity index (χ4v) is 2.72. The number of rotatable bonds is 4. The Hall–Kier alpha value is -3.15. The van der Waals surface area contributed by atoms with Crippen molar-refractivity contribution in [1.82, 2.24) is 9.55 Å². The molecule has 122 valence electrons. The minimum atomic E-state index is -0.156. The summed E-state index contributed by atoms with van der Waals surface area (Å²) in [6.07, 6.45) is 0.692. The van der Waals surface area contributed by atoms with E-state index in [0.717, 1.165) is 0 Å². The molecular formula is C18H16N2O4. The molecule has 0 aliphatic carbocycles. The standard InChI is InChI=1S/C18H16N2O4/c1-20-17(19-14-7-5-4-6-12(14)18(20)22)13-9-8-11(10-21)15(23-2)16(13)24-3/h4-10H,1-3H3. The first kappa shape index (κ1) is 15.7. The monoisotopic (exact) mass is 324 g/mol. The predicted molar refractivity (Wildman–Crippen MR) is 90.9 cm³/mol. The SMILES string of the molecule is COc1c(C=O)ccc(-c2nc3ccccc3c(=O)n2C)c1OC. The Kier molecular flexibility index (Phi) is 4.04. The van der Waals surface area contributed by atoms with Crippen LogP contribution in [0.3, 0.4) is 0 Å². The average Bonchev–Trinajstić information content (AvgIpc) is 2.63. The molecule has 0 atom stereocenters. The third-order valence-electron chi connectivity index (χ3n) is 3.90. The van der Waals surface area contributed by atoms with Crippen LogP contribution < -0.4 is 15.0 Å². The molecule has 24 heavy (non-hydrogen) atoms. The Morgan fingerprint density at radius 3 is 2.42 bits per heavy atom. The summed E-state index contributed by atoms with van der Waals surface area (Å²) >= 11 is 0. The number of carbonyl (C=O) groups is 1. The topological polar surface area (TPSA) is 70.4 Å². The number of methoxy groups -OCH3 is 2. The van der Waals surface area contributed by atoms with Crippen LogP contribution in [0.25, 0.3) is 22.3 Å². The quantitative estimate of drug-likeness (QED) is 0.689. The summed E-state index contributed by atoms with van der Waals surface area (Å²) < 4.78 is 12.2. The Morgan fingerprint density at radius 1 is 1.04 bits per heavy atom. The number of fused-ring (bicyclic) bond motifs is 1. The van der Waals surface area contributed by atoms with Crippen molar-refractivity contribution in [1.29, 1.82) is 0 Å². The van der Waals surface area contributed by atoms with E-state index in [1.165, 1.54) is 18.8 Å². The van der Waals surface area contributed by atoms with E-state index in [9.17, 15) is 9.59 Å². The van der Waals surface area contributed by atoms with Crippen LogP contribution in [0.2, 0.25) is 0 Å².